The van der Waals surface area contributed by atoms with Crippen molar-refractivity contribution in [1.82, 2.24) is 14.7 Å². The second-order valence-corrected chi connectivity index (χ2v) is 7.33. The zero-order chi connectivity index (χ0) is 20.4. The van der Waals surface area contributed by atoms with Crippen molar-refractivity contribution in [3.05, 3.63) is 83.2 Å². The highest BCUT2D eigenvalue weighted by atomic mass is 16.4. The van der Waals surface area contributed by atoms with Crippen molar-refractivity contribution in [2.75, 3.05) is 7.05 Å². The lowest BCUT2D eigenvalue weighted by atomic mass is 10.0. The van der Waals surface area contributed by atoms with Gasteiger partial charge in [-0.1, -0.05) is 48.5 Å². The summed E-state index contributed by atoms with van der Waals surface area (Å²) < 4.78 is 1.83. The van der Waals surface area contributed by atoms with Crippen LogP contribution in [0.1, 0.15) is 33.7 Å². The maximum absolute atomic E-state index is 13.3. The van der Waals surface area contributed by atoms with Crippen molar-refractivity contribution >= 4 is 11.9 Å². The minimum absolute atomic E-state index is 0.250. The lowest BCUT2D eigenvalue weighted by Gasteiger charge is -2.24. The fourth-order valence-corrected chi connectivity index (χ4v) is 3.93. The standard InChI is InChI=1S/C23H23N3O3/c1-25(20(23(28)29)15-16-9-4-2-5-10-16)22(27)21-18-13-8-14-19(18)26(24-21)17-11-6-3-7-12-17/h2-7,9-12,20H,8,13-15H2,1H3,(H,28,29). The Kier molecular flexibility index (Phi) is 5.16. The van der Waals surface area contributed by atoms with Crippen LogP contribution in [0.4, 0.5) is 0 Å². The van der Waals surface area contributed by atoms with Crippen LogP contribution < -0.4 is 0 Å². The molecular formula is C23H23N3O3. The molecule has 0 bridgehead atoms. The maximum Gasteiger partial charge on any atom is 0.326 e. The van der Waals surface area contributed by atoms with Crippen LogP contribution in [0.5, 0.6) is 0 Å². The van der Waals surface area contributed by atoms with Gasteiger partial charge >= 0.3 is 5.97 Å². The highest BCUT2D eigenvalue weighted by Gasteiger charge is 2.33. The summed E-state index contributed by atoms with van der Waals surface area (Å²) in [4.78, 5) is 26.5. The Morgan fingerprint density at radius 3 is 2.38 bits per heavy atom. The average molecular weight is 389 g/mol. The minimum Gasteiger partial charge on any atom is -0.480 e. The predicted octanol–water partition coefficient (Wildman–Crippen LogP) is 3.13. The van der Waals surface area contributed by atoms with E-state index in [9.17, 15) is 14.7 Å². The molecule has 1 N–H and O–H groups in total. The lowest BCUT2D eigenvalue weighted by molar-refractivity contribution is -0.141. The average Bonchev–Trinajstić information content (AvgIpc) is 3.35. The van der Waals surface area contributed by atoms with Crippen LogP contribution in [-0.2, 0) is 24.1 Å². The van der Waals surface area contributed by atoms with Crippen LogP contribution in [-0.4, -0.2) is 44.8 Å². The first-order valence-electron chi connectivity index (χ1n) is 9.76. The molecule has 1 amide bonds. The normalized spacial score (nSPS) is 13.7. The van der Waals surface area contributed by atoms with Gasteiger partial charge in [0, 0.05) is 24.7 Å². The zero-order valence-electron chi connectivity index (χ0n) is 16.3. The number of carbonyl (C=O) groups excluding carboxylic acids is 1. The molecule has 4 rings (SSSR count). The number of amides is 1. The molecule has 0 radical (unpaired) electrons. The van der Waals surface area contributed by atoms with E-state index in [2.05, 4.69) is 5.10 Å². The topological polar surface area (TPSA) is 75.4 Å². The van der Waals surface area contributed by atoms with Crippen molar-refractivity contribution < 1.29 is 14.7 Å². The number of likely N-dealkylation sites (N-methyl/N-ethyl adjacent to an activating group) is 1. The third-order valence-corrected chi connectivity index (χ3v) is 5.48. The second kappa shape index (κ2) is 7.91. The lowest BCUT2D eigenvalue weighted by Crippen LogP contribution is -2.44. The summed E-state index contributed by atoms with van der Waals surface area (Å²) in [5.41, 5.74) is 4.13. The molecule has 1 atom stereocenters. The molecule has 6 heteroatoms. The molecule has 0 saturated carbocycles. The number of carbonyl (C=O) groups is 2. The third kappa shape index (κ3) is 3.66. The monoisotopic (exact) mass is 389 g/mol. The summed E-state index contributed by atoms with van der Waals surface area (Å²) in [7, 11) is 1.55. The molecule has 0 spiro atoms. The van der Waals surface area contributed by atoms with Crippen molar-refractivity contribution in [3.63, 3.8) is 0 Å². The van der Waals surface area contributed by atoms with Crippen LogP contribution in [0.15, 0.2) is 60.7 Å². The Labute approximate surface area is 169 Å². The summed E-state index contributed by atoms with van der Waals surface area (Å²) in [6.45, 7) is 0. The molecule has 0 fully saturated rings. The van der Waals surface area contributed by atoms with Gasteiger partial charge in [0.05, 0.1) is 5.69 Å². The molecule has 3 aromatic rings. The summed E-state index contributed by atoms with van der Waals surface area (Å²) in [5, 5.41) is 14.4. The highest BCUT2D eigenvalue weighted by molar-refractivity contribution is 5.96. The first-order chi connectivity index (χ1) is 14.1. The minimum atomic E-state index is -1.02. The van der Waals surface area contributed by atoms with Crippen LogP contribution in [0, 0.1) is 0 Å². The van der Waals surface area contributed by atoms with Gasteiger partial charge in [0.2, 0.25) is 0 Å². The summed E-state index contributed by atoms with van der Waals surface area (Å²) >= 11 is 0. The highest BCUT2D eigenvalue weighted by Crippen LogP contribution is 2.29. The van der Waals surface area contributed by atoms with E-state index in [1.807, 2.05) is 65.3 Å². The van der Waals surface area contributed by atoms with E-state index >= 15 is 0 Å². The largest absolute Gasteiger partial charge is 0.480 e. The Bertz CT molecular complexity index is 1030. The van der Waals surface area contributed by atoms with Crippen LogP contribution in [0.3, 0.4) is 0 Å². The fraction of sp³-hybridized carbons (Fsp3) is 0.261. The number of carboxylic acids is 1. The Balaban J connectivity index is 1.66. The molecular weight excluding hydrogens is 366 g/mol. The van der Waals surface area contributed by atoms with Gasteiger partial charge in [-0.25, -0.2) is 9.48 Å². The van der Waals surface area contributed by atoms with Gasteiger partial charge in [-0.15, -0.1) is 0 Å². The molecule has 1 aromatic heterocycles. The number of aromatic nitrogens is 2. The van der Waals surface area contributed by atoms with Crippen molar-refractivity contribution in [2.24, 2.45) is 0 Å². The zero-order valence-corrected chi connectivity index (χ0v) is 16.3. The number of fused-ring (bicyclic) bond motifs is 1. The van der Waals surface area contributed by atoms with E-state index in [4.69, 9.17) is 0 Å². The van der Waals surface area contributed by atoms with E-state index in [1.165, 1.54) is 4.90 Å². The first kappa shape index (κ1) is 18.9. The second-order valence-electron chi connectivity index (χ2n) is 7.33. The summed E-state index contributed by atoms with van der Waals surface area (Å²) in [5.74, 6) is -1.37. The van der Waals surface area contributed by atoms with Gasteiger partial charge in [-0.05, 0) is 37.0 Å². The third-order valence-electron chi connectivity index (χ3n) is 5.48. The Morgan fingerprint density at radius 2 is 1.72 bits per heavy atom. The first-order valence-corrected chi connectivity index (χ1v) is 9.76. The van der Waals surface area contributed by atoms with E-state index in [-0.39, 0.29) is 12.3 Å². The molecule has 1 aliphatic carbocycles. The molecule has 1 unspecified atom stereocenters. The molecule has 29 heavy (non-hydrogen) atoms. The van der Waals surface area contributed by atoms with Crippen LogP contribution in [0.25, 0.3) is 5.69 Å². The van der Waals surface area contributed by atoms with E-state index in [0.717, 1.165) is 41.8 Å². The molecule has 1 aliphatic rings. The quantitative estimate of drug-likeness (QED) is 0.703. The van der Waals surface area contributed by atoms with E-state index in [1.54, 1.807) is 7.05 Å². The number of rotatable bonds is 6. The number of nitrogens with zero attached hydrogens (tertiary/aromatic N) is 3. The molecule has 0 aliphatic heterocycles. The van der Waals surface area contributed by atoms with Crippen molar-refractivity contribution in [2.45, 2.75) is 31.7 Å². The molecule has 1 heterocycles. The number of hydrogen-bond donors (Lipinski definition) is 1. The van der Waals surface area contributed by atoms with E-state index in [0.29, 0.717) is 5.69 Å². The van der Waals surface area contributed by atoms with Gasteiger partial charge in [0.15, 0.2) is 5.69 Å². The van der Waals surface area contributed by atoms with Gasteiger partial charge in [-0.2, -0.15) is 5.10 Å². The fourth-order valence-electron chi connectivity index (χ4n) is 3.93. The summed E-state index contributed by atoms with van der Waals surface area (Å²) in [6, 6.07) is 18.1. The molecule has 6 nitrogen and oxygen atoms in total. The molecule has 148 valence electrons. The predicted molar refractivity (Wildman–Crippen MR) is 109 cm³/mol. The molecule has 2 aromatic carbocycles. The Hall–Kier alpha value is -3.41. The number of para-hydroxylation sites is 1. The van der Waals surface area contributed by atoms with Crippen LogP contribution >= 0.6 is 0 Å². The van der Waals surface area contributed by atoms with E-state index < -0.39 is 12.0 Å². The molecule has 0 saturated heterocycles. The summed E-state index contributed by atoms with van der Waals surface area (Å²) in [6.07, 6.45) is 2.87. The van der Waals surface area contributed by atoms with Crippen LogP contribution in [0.2, 0.25) is 0 Å². The number of hydrogen-bond acceptors (Lipinski definition) is 3. The maximum atomic E-state index is 13.3. The van der Waals surface area contributed by atoms with Gasteiger partial charge in [0.1, 0.15) is 6.04 Å². The van der Waals surface area contributed by atoms with Gasteiger partial charge in [-0.3, -0.25) is 4.79 Å². The van der Waals surface area contributed by atoms with Gasteiger partial charge < -0.3 is 10.0 Å². The van der Waals surface area contributed by atoms with Crippen molar-refractivity contribution in [1.29, 1.82) is 0 Å². The Morgan fingerprint density at radius 1 is 1.07 bits per heavy atom. The van der Waals surface area contributed by atoms with Gasteiger partial charge in [0.25, 0.3) is 5.91 Å². The van der Waals surface area contributed by atoms with Crippen molar-refractivity contribution in [3.8, 4) is 5.69 Å². The smallest absolute Gasteiger partial charge is 0.326 e. The SMILES string of the molecule is CN(C(=O)c1nn(-c2ccccc2)c2c1CCC2)C(Cc1ccccc1)C(=O)O. The number of aliphatic carboxylic acids is 1. The number of carboxylic acid groups (broad SMARTS) is 1. The number of benzene rings is 2.